The van der Waals surface area contributed by atoms with E-state index in [9.17, 15) is 0 Å². The Bertz CT molecular complexity index is 306. The fourth-order valence-electron chi connectivity index (χ4n) is 1.98. The SMILES string of the molecule is CCCCCCCCCCn1nnc(N)c1C. The Morgan fingerprint density at radius 1 is 1.00 bits per heavy atom. The molecule has 0 saturated heterocycles. The van der Waals surface area contributed by atoms with Gasteiger partial charge in [-0.05, 0) is 13.3 Å². The predicted molar refractivity (Wildman–Crippen MR) is 71.8 cm³/mol. The molecule has 0 aromatic carbocycles. The Hall–Kier alpha value is -1.06. The van der Waals surface area contributed by atoms with Crippen LogP contribution in [0.4, 0.5) is 5.82 Å². The minimum absolute atomic E-state index is 0.560. The largest absolute Gasteiger partial charge is 0.381 e. The minimum atomic E-state index is 0.560. The topological polar surface area (TPSA) is 56.7 Å². The van der Waals surface area contributed by atoms with Crippen molar-refractivity contribution >= 4 is 5.82 Å². The average Bonchev–Trinajstić information content (AvgIpc) is 2.64. The Balaban J connectivity index is 1.99. The zero-order chi connectivity index (χ0) is 12.5. The molecule has 0 saturated carbocycles. The molecule has 1 aromatic rings. The third-order valence-electron chi connectivity index (χ3n) is 3.24. The van der Waals surface area contributed by atoms with Gasteiger partial charge < -0.3 is 5.73 Å². The fourth-order valence-corrected chi connectivity index (χ4v) is 1.98. The van der Waals surface area contributed by atoms with Crippen LogP contribution in [0.3, 0.4) is 0 Å². The van der Waals surface area contributed by atoms with Crippen LogP contribution in [0, 0.1) is 6.92 Å². The zero-order valence-electron chi connectivity index (χ0n) is 11.3. The van der Waals surface area contributed by atoms with E-state index in [1.165, 1.54) is 51.4 Å². The van der Waals surface area contributed by atoms with Gasteiger partial charge in [0, 0.05) is 6.54 Å². The van der Waals surface area contributed by atoms with E-state index >= 15 is 0 Å². The van der Waals surface area contributed by atoms with Crippen LogP contribution in [0.25, 0.3) is 0 Å². The van der Waals surface area contributed by atoms with Gasteiger partial charge in [0.2, 0.25) is 0 Å². The fraction of sp³-hybridized carbons (Fsp3) is 0.846. The van der Waals surface area contributed by atoms with Gasteiger partial charge in [-0.2, -0.15) is 0 Å². The number of aromatic nitrogens is 3. The van der Waals surface area contributed by atoms with Crippen LogP contribution in [0.15, 0.2) is 0 Å². The molecule has 1 rings (SSSR count). The maximum Gasteiger partial charge on any atom is 0.168 e. The molecule has 0 atom stereocenters. The van der Waals surface area contributed by atoms with Crippen LogP contribution in [0.2, 0.25) is 0 Å². The first-order chi connectivity index (χ1) is 8.25. The first-order valence-corrected chi connectivity index (χ1v) is 6.91. The van der Waals surface area contributed by atoms with Crippen molar-refractivity contribution < 1.29 is 0 Å². The van der Waals surface area contributed by atoms with E-state index < -0.39 is 0 Å². The smallest absolute Gasteiger partial charge is 0.168 e. The third-order valence-corrected chi connectivity index (χ3v) is 3.24. The molecule has 0 aliphatic rings. The molecule has 1 heterocycles. The van der Waals surface area contributed by atoms with E-state index in [0.717, 1.165) is 12.2 Å². The summed E-state index contributed by atoms with van der Waals surface area (Å²) >= 11 is 0. The van der Waals surface area contributed by atoms with Gasteiger partial charge in [0.05, 0.1) is 5.69 Å². The van der Waals surface area contributed by atoms with Gasteiger partial charge in [0.15, 0.2) is 5.82 Å². The summed E-state index contributed by atoms with van der Waals surface area (Å²) in [6.07, 6.45) is 10.7. The van der Waals surface area contributed by atoms with Gasteiger partial charge >= 0.3 is 0 Å². The summed E-state index contributed by atoms with van der Waals surface area (Å²) in [6.45, 7) is 5.18. The molecule has 0 aliphatic carbocycles. The van der Waals surface area contributed by atoms with Gasteiger partial charge in [-0.3, -0.25) is 0 Å². The van der Waals surface area contributed by atoms with Crippen molar-refractivity contribution in [2.45, 2.75) is 71.8 Å². The molecule has 98 valence electrons. The van der Waals surface area contributed by atoms with Crippen LogP contribution in [0.5, 0.6) is 0 Å². The van der Waals surface area contributed by atoms with E-state index in [2.05, 4.69) is 17.2 Å². The van der Waals surface area contributed by atoms with Gasteiger partial charge in [-0.1, -0.05) is 57.1 Å². The number of nitrogens with zero attached hydrogens (tertiary/aromatic N) is 3. The average molecular weight is 238 g/mol. The summed E-state index contributed by atoms with van der Waals surface area (Å²) in [5.74, 6) is 0.560. The normalized spacial score (nSPS) is 10.9. The lowest BCUT2D eigenvalue weighted by Gasteiger charge is -2.03. The van der Waals surface area contributed by atoms with Crippen molar-refractivity contribution in [2.24, 2.45) is 0 Å². The molecule has 4 heteroatoms. The van der Waals surface area contributed by atoms with Gasteiger partial charge in [0.25, 0.3) is 0 Å². The van der Waals surface area contributed by atoms with Crippen LogP contribution < -0.4 is 5.73 Å². The summed E-state index contributed by atoms with van der Waals surface area (Å²) in [5, 5.41) is 7.87. The van der Waals surface area contributed by atoms with Crippen molar-refractivity contribution in [3.05, 3.63) is 5.69 Å². The number of anilines is 1. The number of aryl methyl sites for hydroxylation is 1. The molecule has 0 aliphatic heterocycles. The van der Waals surface area contributed by atoms with E-state index in [4.69, 9.17) is 5.73 Å². The molecular weight excluding hydrogens is 212 g/mol. The molecule has 2 N–H and O–H groups in total. The summed E-state index contributed by atoms with van der Waals surface area (Å²) < 4.78 is 1.91. The standard InChI is InChI=1S/C13H26N4/c1-3-4-5-6-7-8-9-10-11-17-12(2)13(14)15-16-17/h3-11,14H2,1-2H3. The van der Waals surface area contributed by atoms with Crippen LogP contribution in [0.1, 0.15) is 64.0 Å². The van der Waals surface area contributed by atoms with Gasteiger partial charge in [0.1, 0.15) is 0 Å². The minimum Gasteiger partial charge on any atom is -0.381 e. The van der Waals surface area contributed by atoms with Crippen molar-refractivity contribution in [3.63, 3.8) is 0 Å². The number of nitrogens with two attached hydrogens (primary N) is 1. The maximum absolute atomic E-state index is 5.64. The zero-order valence-corrected chi connectivity index (χ0v) is 11.3. The number of unbranched alkanes of at least 4 members (excludes halogenated alkanes) is 7. The van der Waals surface area contributed by atoms with E-state index in [1.807, 2.05) is 11.6 Å². The Morgan fingerprint density at radius 3 is 2.12 bits per heavy atom. The number of nitrogen functional groups attached to an aromatic ring is 1. The maximum atomic E-state index is 5.64. The molecule has 0 amide bonds. The molecular formula is C13H26N4. The Labute approximate surface area is 105 Å². The molecule has 1 aromatic heterocycles. The van der Waals surface area contributed by atoms with E-state index in [-0.39, 0.29) is 0 Å². The second-order valence-electron chi connectivity index (χ2n) is 4.76. The lowest BCUT2D eigenvalue weighted by atomic mass is 10.1. The Morgan fingerprint density at radius 2 is 1.59 bits per heavy atom. The van der Waals surface area contributed by atoms with Crippen molar-refractivity contribution in [2.75, 3.05) is 5.73 Å². The first-order valence-electron chi connectivity index (χ1n) is 6.91. The quantitative estimate of drug-likeness (QED) is 0.671. The van der Waals surface area contributed by atoms with Crippen molar-refractivity contribution in [1.29, 1.82) is 0 Å². The van der Waals surface area contributed by atoms with E-state index in [0.29, 0.717) is 5.82 Å². The predicted octanol–water partition coefficient (Wildman–Crippen LogP) is 3.31. The van der Waals surface area contributed by atoms with Crippen LogP contribution in [-0.2, 0) is 6.54 Å². The summed E-state index contributed by atoms with van der Waals surface area (Å²) in [6, 6.07) is 0. The number of hydrogen-bond donors (Lipinski definition) is 1. The molecule has 4 nitrogen and oxygen atoms in total. The summed E-state index contributed by atoms with van der Waals surface area (Å²) in [7, 11) is 0. The second-order valence-corrected chi connectivity index (χ2v) is 4.76. The lowest BCUT2D eigenvalue weighted by Crippen LogP contribution is -2.03. The van der Waals surface area contributed by atoms with E-state index in [1.54, 1.807) is 0 Å². The first kappa shape index (κ1) is 14.0. The summed E-state index contributed by atoms with van der Waals surface area (Å²) in [4.78, 5) is 0. The lowest BCUT2D eigenvalue weighted by molar-refractivity contribution is 0.504. The highest BCUT2D eigenvalue weighted by Crippen LogP contribution is 2.10. The van der Waals surface area contributed by atoms with Crippen molar-refractivity contribution in [1.82, 2.24) is 15.0 Å². The van der Waals surface area contributed by atoms with Gasteiger partial charge in [-0.25, -0.2) is 4.68 Å². The molecule has 0 spiro atoms. The highest BCUT2D eigenvalue weighted by atomic mass is 15.4. The molecule has 0 unspecified atom stereocenters. The Kier molecular flexibility index (Phi) is 6.67. The highest BCUT2D eigenvalue weighted by Gasteiger charge is 2.03. The highest BCUT2D eigenvalue weighted by molar-refractivity contribution is 5.31. The molecule has 17 heavy (non-hydrogen) atoms. The van der Waals surface area contributed by atoms with Crippen molar-refractivity contribution in [3.8, 4) is 0 Å². The molecule has 0 bridgehead atoms. The van der Waals surface area contributed by atoms with Crippen LogP contribution >= 0.6 is 0 Å². The van der Waals surface area contributed by atoms with Gasteiger partial charge in [-0.15, -0.1) is 5.10 Å². The monoisotopic (exact) mass is 238 g/mol. The summed E-state index contributed by atoms with van der Waals surface area (Å²) in [5.41, 5.74) is 6.64. The molecule has 0 fully saturated rings. The third kappa shape index (κ3) is 5.20. The number of hydrogen-bond acceptors (Lipinski definition) is 3. The molecule has 0 radical (unpaired) electrons. The number of rotatable bonds is 9. The van der Waals surface area contributed by atoms with Crippen LogP contribution in [-0.4, -0.2) is 15.0 Å². The second kappa shape index (κ2) is 8.09.